The lowest BCUT2D eigenvalue weighted by molar-refractivity contribution is 0.823. The van der Waals surface area contributed by atoms with Gasteiger partial charge in [0.1, 0.15) is 0 Å². The molecule has 0 aliphatic carbocycles. The van der Waals surface area contributed by atoms with E-state index in [2.05, 4.69) is 6.92 Å². The van der Waals surface area contributed by atoms with Crippen LogP contribution in [0.4, 0.5) is 0 Å². The molecule has 11 heavy (non-hydrogen) atoms. The summed E-state index contributed by atoms with van der Waals surface area (Å²) in [5.74, 6) is 0. The molecule has 4 nitrogen and oxygen atoms in total. The highest BCUT2D eigenvalue weighted by atomic mass is 16.0. The Hall–Kier alpha value is -1.04. The predicted octanol–water partition coefficient (Wildman–Crippen LogP) is -0.243. The fourth-order valence-corrected chi connectivity index (χ4v) is 0.204. The van der Waals surface area contributed by atoms with Crippen molar-refractivity contribution >= 4 is 7.85 Å². The number of hydrogen-bond donors (Lipinski definition) is 0. The van der Waals surface area contributed by atoms with Crippen LogP contribution in [0.3, 0.4) is 0 Å². The van der Waals surface area contributed by atoms with Crippen LogP contribution in [0.25, 0.3) is 0 Å². The van der Waals surface area contributed by atoms with Crippen LogP contribution in [0.2, 0.25) is 6.32 Å². The van der Waals surface area contributed by atoms with Crippen molar-refractivity contribution in [3.05, 3.63) is 0 Å². The SMILES string of the molecule is N#CC#N.O.O.[B]CCCC. The first kappa shape index (κ1) is 22.5. The van der Waals surface area contributed by atoms with E-state index < -0.39 is 0 Å². The molecule has 0 atom stereocenters. The molecule has 0 aromatic rings. The van der Waals surface area contributed by atoms with E-state index in [4.69, 9.17) is 18.4 Å². The molecule has 0 fully saturated rings. The molecule has 0 saturated carbocycles. The van der Waals surface area contributed by atoms with Gasteiger partial charge in [-0.2, -0.15) is 10.5 Å². The first-order valence-corrected chi connectivity index (χ1v) is 2.81. The maximum absolute atomic E-state index is 7.26. The summed E-state index contributed by atoms with van der Waals surface area (Å²) in [7, 11) is 5.14. The van der Waals surface area contributed by atoms with Gasteiger partial charge in [0, 0.05) is 0 Å². The van der Waals surface area contributed by atoms with E-state index in [0.29, 0.717) is 0 Å². The molecule has 62 valence electrons. The molecule has 0 unspecified atom stereocenters. The molecule has 0 aromatic heterocycles. The summed E-state index contributed by atoms with van der Waals surface area (Å²) < 4.78 is 0. The van der Waals surface area contributed by atoms with Gasteiger partial charge in [-0.05, 0) is 0 Å². The smallest absolute Gasteiger partial charge is 0.181 e. The average molecular weight is 156 g/mol. The molecular formula is C6H13BN2O2. The molecule has 0 aliphatic rings. The highest BCUT2D eigenvalue weighted by molar-refractivity contribution is 6.08. The van der Waals surface area contributed by atoms with E-state index in [1.54, 1.807) is 0 Å². The minimum absolute atomic E-state index is 0. The van der Waals surface area contributed by atoms with E-state index in [9.17, 15) is 0 Å². The lowest BCUT2D eigenvalue weighted by Crippen LogP contribution is -1.63. The summed E-state index contributed by atoms with van der Waals surface area (Å²) in [5, 5.41) is 14.5. The van der Waals surface area contributed by atoms with Gasteiger partial charge in [0.05, 0.1) is 7.85 Å². The molecule has 0 bridgehead atoms. The maximum atomic E-state index is 7.26. The summed E-state index contributed by atoms with van der Waals surface area (Å²) in [6.07, 6.45) is 3.23. The third-order valence-corrected chi connectivity index (χ3v) is 0.608. The second-order valence-corrected chi connectivity index (χ2v) is 1.37. The first-order valence-electron chi connectivity index (χ1n) is 2.81. The third kappa shape index (κ3) is 113. The van der Waals surface area contributed by atoms with Crippen LogP contribution in [-0.2, 0) is 0 Å². The zero-order chi connectivity index (χ0) is 7.54. The minimum atomic E-state index is 0. The summed E-state index contributed by atoms with van der Waals surface area (Å²) >= 11 is 0. The second kappa shape index (κ2) is 36.2. The van der Waals surface area contributed by atoms with Gasteiger partial charge in [-0.25, -0.2) is 0 Å². The fraction of sp³-hybridized carbons (Fsp3) is 0.667. The van der Waals surface area contributed by atoms with E-state index >= 15 is 0 Å². The average Bonchev–Trinajstić information content (AvgIpc) is 1.91. The van der Waals surface area contributed by atoms with Crippen LogP contribution in [-0.4, -0.2) is 18.8 Å². The quantitative estimate of drug-likeness (QED) is 0.513. The Bertz CT molecular complexity index is 103. The van der Waals surface area contributed by atoms with Gasteiger partial charge < -0.3 is 11.0 Å². The second-order valence-electron chi connectivity index (χ2n) is 1.37. The first-order chi connectivity index (χ1) is 4.33. The minimum Gasteiger partial charge on any atom is -0.412 e. The van der Waals surface area contributed by atoms with Crippen molar-refractivity contribution < 1.29 is 11.0 Å². The molecule has 0 amide bonds. The van der Waals surface area contributed by atoms with E-state index in [1.807, 2.05) is 0 Å². The van der Waals surface area contributed by atoms with Crippen molar-refractivity contribution in [2.24, 2.45) is 0 Å². The van der Waals surface area contributed by atoms with Crippen molar-refractivity contribution in [3.63, 3.8) is 0 Å². The molecule has 0 rings (SSSR count). The third-order valence-electron chi connectivity index (χ3n) is 0.608. The lowest BCUT2D eigenvalue weighted by Gasteiger charge is -1.79. The van der Waals surface area contributed by atoms with Crippen molar-refractivity contribution in [2.75, 3.05) is 0 Å². The largest absolute Gasteiger partial charge is 0.412 e. The normalized spacial score (nSPS) is 4.64. The Morgan fingerprint density at radius 3 is 1.55 bits per heavy atom. The van der Waals surface area contributed by atoms with Crippen molar-refractivity contribution in [1.29, 1.82) is 10.5 Å². The van der Waals surface area contributed by atoms with Gasteiger partial charge in [0.15, 0.2) is 12.1 Å². The zero-order valence-electron chi connectivity index (χ0n) is 6.59. The monoisotopic (exact) mass is 156 g/mol. The number of unbranched alkanes of at least 4 members (excludes halogenated alkanes) is 1. The van der Waals surface area contributed by atoms with E-state index in [1.165, 1.54) is 25.0 Å². The van der Waals surface area contributed by atoms with Gasteiger partial charge >= 0.3 is 0 Å². The number of nitrogens with zero attached hydrogens (tertiary/aromatic N) is 2. The van der Waals surface area contributed by atoms with Gasteiger partial charge in [-0.3, -0.25) is 0 Å². The van der Waals surface area contributed by atoms with Gasteiger partial charge in [-0.15, -0.1) is 0 Å². The number of hydrogen-bond acceptors (Lipinski definition) is 2. The molecule has 0 aromatic carbocycles. The molecule has 0 saturated heterocycles. The maximum Gasteiger partial charge on any atom is 0.181 e. The van der Waals surface area contributed by atoms with Crippen molar-refractivity contribution in [2.45, 2.75) is 26.1 Å². The number of rotatable bonds is 2. The Morgan fingerprint density at radius 1 is 1.18 bits per heavy atom. The van der Waals surface area contributed by atoms with Crippen LogP contribution in [0.15, 0.2) is 0 Å². The van der Waals surface area contributed by atoms with Gasteiger partial charge in [0.2, 0.25) is 0 Å². The molecule has 5 heteroatoms. The summed E-state index contributed by atoms with van der Waals surface area (Å²) in [6.45, 7) is 2.13. The summed E-state index contributed by atoms with van der Waals surface area (Å²) in [4.78, 5) is 0. The van der Waals surface area contributed by atoms with Crippen molar-refractivity contribution in [1.82, 2.24) is 0 Å². The van der Waals surface area contributed by atoms with Crippen LogP contribution in [0.5, 0.6) is 0 Å². The predicted molar refractivity (Wildman–Crippen MR) is 43.9 cm³/mol. The summed E-state index contributed by atoms with van der Waals surface area (Å²) in [5.41, 5.74) is 0. The Morgan fingerprint density at radius 2 is 1.55 bits per heavy atom. The highest BCUT2D eigenvalue weighted by Gasteiger charge is 1.68. The van der Waals surface area contributed by atoms with Crippen LogP contribution < -0.4 is 0 Å². The van der Waals surface area contributed by atoms with Gasteiger partial charge in [-0.1, -0.05) is 26.1 Å². The summed E-state index contributed by atoms with van der Waals surface area (Å²) in [6, 6.07) is 2.47. The molecule has 2 radical (unpaired) electrons. The Kier molecular flexibility index (Phi) is 74.0. The highest BCUT2D eigenvalue weighted by Crippen LogP contribution is 1.86. The molecule has 0 spiro atoms. The zero-order valence-corrected chi connectivity index (χ0v) is 6.59. The molecular weight excluding hydrogens is 143 g/mol. The van der Waals surface area contributed by atoms with E-state index in [-0.39, 0.29) is 11.0 Å². The molecule has 0 aliphatic heterocycles. The standard InChI is InChI=1S/C4H9B.C2N2.2H2O/c1-2-3-4-5;3-1-2-4;;/h2-4H2,1H3;;2*1H2. The Balaban J connectivity index is -0.0000000383. The Labute approximate surface area is 68.5 Å². The van der Waals surface area contributed by atoms with Crippen molar-refractivity contribution in [3.8, 4) is 12.1 Å². The van der Waals surface area contributed by atoms with Gasteiger partial charge in [0.25, 0.3) is 0 Å². The number of nitriles is 2. The molecule has 4 N–H and O–H groups in total. The van der Waals surface area contributed by atoms with Crippen LogP contribution in [0, 0.1) is 22.7 Å². The van der Waals surface area contributed by atoms with Crippen LogP contribution >= 0.6 is 0 Å². The molecule has 0 heterocycles. The van der Waals surface area contributed by atoms with Crippen LogP contribution in [0.1, 0.15) is 19.8 Å². The van der Waals surface area contributed by atoms with E-state index in [0.717, 1.165) is 6.32 Å². The lowest BCUT2D eigenvalue weighted by atomic mass is 10.0. The fourth-order valence-electron chi connectivity index (χ4n) is 0.204. The topological polar surface area (TPSA) is 111 Å².